The highest BCUT2D eigenvalue weighted by atomic mass is 16.5. The summed E-state index contributed by atoms with van der Waals surface area (Å²) < 4.78 is 16.4. The minimum absolute atomic E-state index is 0.121. The average molecular weight is 351 g/mol. The Kier molecular flexibility index (Phi) is 4.63. The highest BCUT2D eigenvalue weighted by Crippen LogP contribution is 2.44. The maximum atomic E-state index is 9.66. The first kappa shape index (κ1) is 17.5. The van der Waals surface area contributed by atoms with Crippen LogP contribution in [0.15, 0.2) is 47.9 Å². The van der Waals surface area contributed by atoms with Crippen LogP contribution in [0.5, 0.6) is 17.2 Å². The fourth-order valence-electron chi connectivity index (χ4n) is 3.10. The van der Waals surface area contributed by atoms with Crippen molar-refractivity contribution in [3.8, 4) is 23.3 Å². The Labute approximate surface area is 153 Å². The molecule has 2 N–H and O–H groups in total. The molecule has 0 bridgehead atoms. The molecule has 3 rings (SSSR count). The number of fused-ring (bicyclic) bond motifs is 1. The number of nitriles is 1. The zero-order chi connectivity index (χ0) is 18.8. The van der Waals surface area contributed by atoms with Gasteiger partial charge in [-0.2, -0.15) is 5.26 Å². The fraction of sp³-hybridized carbons (Fsp3) is 0.250. The Hall–Kier alpha value is -3.33. The number of nitrogens with zero attached hydrogens (tertiary/aromatic N) is 2. The highest BCUT2D eigenvalue weighted by molar-refractivity contribution is 5.62. The highest BCUT2D eigenvalue weighted by Gasteiger charge is 2.31. The summed E-state index contributed by atoms with van der Waals surface area (Å²) in [6, 6.07) is 13.7. The predicted octanol–water partition coefficient (Wildman–Crippen LogP) is 2.99. The minimum atomic E-state index is -0.334. The zero-order valence-electron chi connectivity index (χ0n) is 15.2. The first-order valence-corrected chi connectivity index (χ1v) is 8.11. The number of benzene rings is 2. The molecule has 1 aliphatic rings. The molecule has 0 amide bonds. The van der Waals surface area contributed by atoms with Gasteiger partial charge in [-0.1, -0.05) is 12.1 Å². The summed E-state index contributed by atoms with van der Waals surface area (Å²) in [6.45, 7) is 0. The molecule has 0 aliphatic carbocycles. The molecule has 0 saturated heterocycles. The molecular formula is C20H21N3O3. The van der Waals surface area contributed by atoms with Crippen molar-refractivity contribution in [3.05, 3.63) is 59.0 Å². The van der Waals surface area contributed by atoms with Crippen LogP contribution in [0.2, 0.25) is 0 Å². The van der Waals surface area contributed by atoms with Crippen LogP contribution < -0.4 is 24.8 Å². The first-order valence-electron chi connectivity index (χ1n) is 8.11. The van der Waals surface area contributed by atoms with Crippen LogP contribution in [0.3, 0.4) is 0 Å². The SMILES string of the molecule is COc1ccc(C2C(C#N)=C(N)Oc3cc(N(C)C)ccc32)cc1OC. The normalized spacial score (nSPS) is 15.6. The van der Waals surface area contributed by atoms with Crippen LogP contribution in [0, 0.1) is 11.3 Å². The van der Waals surface area contributed by atoms with Gasteiger partial charge in [-0.05, 0) is 23.8 Å². The van der Waals surface area contributed by atoms with Gasteiger partial charge in [0, 0.05) is 31.4 Å². The van der Waals surface area contributed by atoms with Gasteiger partial charge in [0.1, 0.15) is 17.4 Å². The van der Waals surface area contributed by atoms with E-state index in [1.165, 1.54) is 0 Å². The number of hydrogen-bond acceptors (Lipinski definition) is 6. The van der Waals surface area contributed by atoms with E-state index in [1.54, 1.807) is 14.2 Å². The summed E-state index contributed by atoms with van der Waals surface area (Å²) in [5.74, 6) is 1.66. The minimum Gasteiger partial charge on any atom is -0.493 e. The Balaban J connectivity index is 2.18. The lowest BCUT2D eigenvalue weighted by molar-refractivity contribution is 0.354. The molecular weight excluding hydrogens is 330 g/mol. The van der Waals surface area contributed by atoms with Gasteiger partial charge in [-0.25, -0.2) is 0 Å². The molecule has 2 aromatic carbocycles. The molecule has 1 unspecified atom stereocenters. The molecule has 6 nitrogen and oxygen atoms in total. The second kappa shape index (κ2) is 6.89. The molecule has 0 spiro atoms. The lowest BCUT2D eigenvalue weighted by atomic mass is 9.83. The molecule has 2 aromatic rings. The van der Waals surface area contributed by atoms with Crippen molar-refractivity contribution in [2.45, 2.75) is 5.92 Å². The maximum Gasteiger partial charge on any atom is 0.205 e. The third-order valence-corrected chi connectivity index (χ3v) is 4.46. The number of ether oxygens (including phenoxy) is 3. The molecule has 1 heterocycles. The Bertz CT molecular complexity index is 913. The Morgan fingerprint density at radius 3 is 2.42 bits per heavy atom. The first-order chi connectivity index (χ1) is 12.5. The van der Waals surface area contributed by atoms with Crippen LogP contribution in [0.25, 0.3) is 0 Å². The van der Waals surface area contributed by atoms with E-state index < -0.39 is 0 Å². The van der Waals surface area contributed by atoms with Gasteiger partial charge in [0.05, 0.1) is 20.1 Å². The van der Waals surface area contributed by atoms with Crippen LogP contribution in [0.4, 0.5) is 5.69 Å². The molecule has 1 aliphatic heterocycles. The van der Waals surface area contributed by atoms with E-state index in [0.717, 1.165) is 16.8 Å². The summed E-state index contributed by atoms with van der Waals surface area (Å²) in [6.07, 6.45) is 0. The molecule has 0 aromatic heterocycles. The van der Waals surface area contributed by atoms with Crippen molar-refractivity contribution in [1.29, 1.82) is 5.26 Å². The second-order valence-corrected chi connectivity index (χ2v) is 6.16. The van der Waals surface area contributed by atoms with E-state index in [0.29, 0.717) is 22.8 Å². The molecule has 0 radical (unpaired) electrons. The standard InChI is InChI=1S/C20H21N3O3/c1-23(2)13-6-7-14-17(10-13)26-20(22)15(11-21)19(14)12-5-8-16(24-3)18(9-12)25-4/h5-10,19H,22H2,1-4H3. The smallest absolute Gasteiger partial charge is 0.205 e. The van der Waals surface area contributed by atoms with Crippen LogP contribution >= 0.6 is 0 Å². The maximum absolute atomic E-state index is 9.66. The van der Waals surface area contributed by atoms with Gasteiger partial charge >= 0.3 is 0 Å². The van der Waals surface area contributed by atoms with Crippen molar-refractivity contribution in [1.82, 2.24) is 0 Å². The summed E-state index contributed by atoms with van der Waals surface area (Å²) in [7, 11) is 7.08. The molecule has 134 valence electrons. The van der Waals surface area contributed by atoms with Crippen LogP contribution in [0.1, 0.15) is 17.0 Å². The largest absolute Gasteiger partial charge is 0.493 e. The summed E-state index contributed by atoms with van der Waals surface area (Å²) in [4.78, 5) is 1.98. The number of rotatable bonds is 4. The van der Waals surface area contributed by atoms with Crippen molar-refractivity contribution >= 4 is 5.69 Å². The van der Waals surface area contributed by atoms with E-state index in [9.17, 15) is 5.26 Å². The van der Waals surface area contributed by atoms with E-state index in [1.807, 2.05) is 55.4 Å². The van der Waals surface area contributed by atoms with E-state index >= 15 is 0 Å². The van der Waals surface area contributed by atoms with Gasteiger partial charge < -0.3 is 24.8 Å². The number of anilines is 1. The average Bonchev–Trinajstić information content (AvgIpc) is 2.65. The zero-order valence-corrected chi connectivity index (χ0v) is 15.2. The van der Waals surface area contributed by atoms with Crippen LogP contribution in [-0.4, -0.2) is 28.3 Å². The quantitative estimate of drug-likeness (QED) is 0.912. The summed E-state index contributed by atoms with van der Waals surface area (Å²) >= 11 is 0. The predicted molar refractivity (Wildman–Crippen MR) is 99.6 cm³/mol. The topological polar surface area (TPSA) is 80.7 Å². The third-order valence-electron chi connectivity index (χ3n) is 4.46. The fourth-order valence-corrected chi connectivity index (χ4v) is 3.10. The van der Waals surface area contributed by atoms with Crippen molar-refractivity contribution in [3.63, 3.8) is 0 Å². The molecule has 0 fully saturated rings. The van der Waals surface area contributed by atoms with Crippen molar-refractivity contribution in [2.75, 3.05) is 33.2 Å². The van der Waals surface area contributed by atoms with Gasteiger partial charge in [0.2, 0.25) is 5.88 Å². The van der Waals surface area contributed by atoms with Gasteiger partial charge in [-0.15, -0.1) is 0 Å². The number of methoxy groups -OCH3 is 2. The summed E-state index contributed by atoms with van der Waals surface area (Å²) in [5, 5.41) is 9.66. The number of hydrogen-bond donors (Lipinski definition) is 1. The summed E-state index contributed by atoms with van der Waals surface area (Å²) in [5.41, 5.74) is 9.18. The Morgan fingerprint density at radius 1 is 1.08 bits per heavy atom. The lowest BCUT2D eigenvalue weighted by Gasteiger charge is -2.28. The van der Waals surface area contributed by atoms with E-state index in [4.69, 9.17) is 19.9 Å². The van der Waals surface area contributed by atoms with E-state index in [-0.39, 0.29) is 11.8 Å². The van der Waals surface area contributed by atoms with Gasteiger partial charge in [-0.3, -0.25) is 0 Å². The van der Waals surface area contributed by atoms with Gasteiger partial charge in [0.25, 0.3) is 0 Å². The van der Waals surface area contributed by atoms with Crippen molar-refractivity contribution in [2.24, 2.45) is 5.73 Å². The second-order valence-electron chi connectivity index (χ2n) is 6.16. The molecule has 26 heavy (non-hydrogen) atoms. The third kappa shape index (κ3) is 2.88. The number of allylic oxidation sites excluding steroid dienone is 1. The van der Waals surface area contributed by atoms with Gasteiger partial charge in [0.15, 0.2) is 11.5 Å². The molecule has 6 heteroatoms. The monoisotopic (exact) mass is 351 g/mol. The Morgan fingerprint density at radius 2 is 1.81 bits per heavy atom. The molecule has 1 atom stereocenters. The van der Waals surface area contributed by atoms with Crippen molar-refractivity contribution < 1.29 is 14.2 Å². The van der Waals surface area contributed by atoms with Crippen LogP contribution in [-0.2, 0) is 0 Å². The number of nitrogens with two attached hydrogens (primary N) is 1. The molecule has 0 saturated carbocycles. The van der Waals surface area contributed by atoms with E-state index in [2.05, 4.69) is 6.07 Å². The lowest BCUT2D eigenvalue weighted by Crippen LogP contribution is -2.21.